The van der Waals surface area contributed by atoms with E-state index in [0.717, 1.165) is 35.7 Å². The highest BCUT2D eigenvalue weighted by Gasteiger charge is 2.57. The zero-order valence-corrected chi connectivity index (χ0v) is 22.4. The van der Waals surface area contributed by atoms with E-state index in [1.54, 1.807) is 5.01 Å². The first-order chi connectivity index (χ1) is 18.3. The Kier molecular flexibility index (Phi) is 6.20. The van der Waals surface area contributed by atoms with Crippen LogP contribution >= 0.6 is 0 Å². The van der Waals surface area contributed by atoms with Gasteiger partial charge in [-0.2, -0.15) is 0 Å². The van der Waals surface area contributed by atoms with Crippen molar-refractivity contribution >= 4 is 23.3 Å². The summed E-state index contributed by atoms with van der Waals surface area (Å²) in [7, 11) is 0. The van der Waals surface area contributed by atoms with Crippen molar-refractivity contribution in [3.05, 3.63) is 84.0 Å². The molecule has 0 bridgehead atoms. The minimum absolute atomic E-state index is 0.196. The molecule has 5 nitrogen and oxygen atoms in total. The number of hydrogen-bond acceptors (Lipinski definition) is 3. The van der Waals surface area contributed by atoms with Gasteiger partial charge in [0.25, 0.3) is 0 Å². The fourth-order valence-corrected chi connectivity index (χ4v) is 8.47. The van der Waals surface area contributed by atoms with Crippen molar-refractivity contribution in [2.24, 2.45) is 34.5 Å². The van der Waals surface area contributed by atoms with E-state index < -0.39 is 11.9 Å². The molecule has 2 N–H and O–H groups in total. The summed E-state index contributed by atoms with van der Waals surface area (Å²) in [6, 6.07) is 19.4. The summed E-state index contributed by atoms with van der Waals surface area (Å²) < 4.78 is 0. The topological polar surface area (TPSA) is 69.6 Å². The van der Waals surface area contributed by atoms with Gasteiger partial charge in [0.05, 0.1) is 17.3 Å². The average Bonchev–Trinajstić information content (AvgIpc) is 3.33. The predicted molar refractivity (Wildman–Crippen MR) is 149 cm³/mol. The van der Waals surface area contributed by atoms with Crippen LogP contribution < -0.4 is 10.4 Å². The normalized spacial score (nSPS) is 33.6. The maximum absolute atomic E-state index is 14.0. The number of carbonyl (C=O) groups excluding carboxylic acids is 1. The van der Waals surface area contributed by atoms with Crippen LogP contribution in [0.3, 0.4) is 0 Å². The SMILES string of the molecule is C[C@@]12CCC[C@H]1[C@@H]1CC=C3C=C(C(=O)O)C(C(=O)NN(c4ccccc4)c4ccccc4)C[C@]3(C)[C@H]1CC2. The van der Waals surface area contributed by atoms with Gasteiger partial charge in [0.1, 0.15) is 0 Å². The average molecular weight is 511 g/mol. The van der Waals surface area contributed by atoms with E-state index in [1.807, 2.05) is 66.7 Å². The van der Waals surface area contributed by atoms with E-state index in [4.69, 9.17) is 0 Å². The molecule has 2 aromatic rings. The second-order valence-corrected chi connectivity index (χ2v) is 12.4. The third-order valence-corrected chi connectivity index (χ3v) is 10.4. The van der Waals surface area contributed by atoms with Gasteiger partial charge in [0.15, 0.2) is 0 Å². The lowest BCUT2D eigenvalue weighted by molar-refractivity contribution is -0.136. The zero-order chi connectivity index (χ0) is 26.5. The number of fused-ring (bicyclic) bond motifs is 5. The summed E-state index contributed by atoms with van der Waals surface area (Å²) in [5.41, 5.74) is 6.32. The molecule has 2 aromatic carbocycles. The molecule has 5 heteroatoms. The number of amides is 1. The van der Waals surface area contributed by atoms with Crippen LogP contribution in [0.1, 0.15) is 58.8 Å². The second kappa shape index (κ2) is 9.44. The number of nitrogens with zero attached hydrogens (tertiary/aromatic N) is 1. The number of hydrazine groups is 1. The van der Waals surface area contributed by atoms with Crippen LogP contribution in [0.5, 0.6) is 0 Å². The number of allylic oxidation sites excluding steroid dienone is 3. The van der Waals surface area contributed by atoms with Crippen LogP contribution in [0.4, 0.5) is 11.4 Å². The molecule has 4 aliphatic carbocycles. The van der Waals surface area contributed by atoms with E-state index in [2.05, 4.69) is 25.3 Å². The molecule has 4 aliphatic rings. The zero-order valence-electron chi connectivity index (χ0n) is 22.4. The molecule has 1 unspecified atom stereocenters. The molecule has 0 aromatic heterocycles. The van der Waals surface area contributed by atoms with Gasteiger partial charge in [-0.1, -0.05) is 62.7 Å². The number of rotatable bonds is 5. The monoisotopic (exact) mass is 510 g/mol. The maximum Gasteiger partial charge on any atom is 0.332 e. The molecule has 2 saturated carbocycles. The highest BCUT2D eigenvalue weighted by atomic mass is 16.4. The third-order valence-electron chi connectivity index (χ3n) is 10.4. The summed E-state index contributed by atoms with van der Waals surface area (Å²) in [6.07, 6.45) is 12.1. The highest BCUT2D eigenvalue weighted by Crippen LogP contribution is 2.65. The Hall–Kier alpha value is -3.34. The fraction of sp³-hybridized carbons (Fsp3) is 0.455. The van der Waals surface area contributed by atoms with E-state index >= 15 is 0 Å². The van der Waals surface area contributed by atoms with Crippen LogP contribution in [-0.2, 0) is 9.59 Å². The van der Waals surface area contributed by atoms with Crippen LogP contribution in [0.2, 0.25) is 0 Å². The predicted octanol–water partition coefficient (Wildman–Crippen LogP) is 7.06. The molecule has 198 valence electrons. The minimum atomic E-state index is -1.01. The molecule has 2 fully saturated rings. The number of carboxylic acid groups (broad SMARTS) is 1. The smallest absolute Gasteiger partial charge is 0.332 e. The molecule has 6 atom stereocenters. The Morgan fingerprint density at radius 3 is 2.21 bits per heavy atom. The highest BCUT2D eigenvalue weighted by molar-refractivity contribution is 5.98. The first-order valence-corrected chi connectivity index (χ1v) is 14.2. The molecule has 0 heterocycles. The minimum Gasteiger partial charge on any atom is -0.478 e. The third kappa shape index (κ3) is 4.07. The van der Waals surface area contributed by atoms with Gasteiger partial charge >= 0.3 is 5.97 Å². The molecule has 1 amide bonds. The fourth-order valence-electron chi connectivity index (χ4n) is 8.47. The number of benzene rings is 2. The van der Waals surface area contributed by atoms with Gasteiger partial charge in [-0.15, -0.1) is 0 Å². The van der Waals surface area contributed by atoms with Crippen molar-refractivity contribution < 1.29 is 14.7 Å². The first kappa shape index (κ1) is 25.0. The molecule has 0 radical (unpaired) electrons. The Labute approximate surface area is 225 Å². The molecule has 38 heavy (non-hydrogen) atoms. The van der Waals surface area contributed by atoms with Crippen LogP contribution in [0, 0.1) is 34.5 Å². The van der Waals surface area contributed by atoms with Crippen molar-refractivity contribution in [1.29, 1.82) is 0 Å². The first-order valence-electron chi connectivity index (χ1n) is 14.2. The standard InChI is InChI=1S/C33H38N2O3/c1-32-18-9-14-28(32)25-16-15-22-20-26(31(37)38)27(21-33(22,2)29(25)17-19-32)30(36)34-35(23-10-5-3-6-11-23)24-12-7-4-8-13-24/h3-8,10-13,15,20,25,27-29H,9,14,16-19,21H2,1-2H3,(H,34,36)(H,37,38)/t25-,27?,28-,29-,32-,33-/m0/s1. The van der Waals surface area contributed by atoms with Crippen molar-refractivity contribution in [2.45, 2.75) is 58.8 Å². The van der Waals surface area contributed by atoms with Gasteiger partial charge in [-0.25, -0.2) is 4.79 Å². The van der Waals surface area contributed by atoms with Crippen molar-refractivity contribution in [3.8, 4) is 0 Å². The second-order valence-electron chi connectivity index (χ2n) is 12.4. The largest absolute Gasteiger partial charge is 0.478 e. The Morgan fingerprint density at radius 2 is 1.58 bits per heavy atom. The molecule has 0 saturated heterocycles. The van der Waals surface area contributed by atoms with E-state index in [1.165, 1.54) is 25.7 Å². The Bertz CT molecular complexity index is 1250. The molecule has 0 spiro atoms. The summed E-state index contributed by atoms with van der Waals surface area (Å²) >= 11 is 0. The molecule has 0 aliphatic heterocycles. The van der Waals surface area contributed by atoms with Crippen molar-refractivity contribution in [1.82, 2.24) is 5.43 Å². The Morgan fingerprint density at radius 1 is 0.921 bits per heavy atom. The van der Waals surface area contributed by atoms with Gasteiger partial charge in [-0.05, 0) is 103 Å². The number of hydrogen-bond donors (Lipinski definition) is 2. The number of carbonyl (C=O) groups is 2. The molecule has 6 rings (SSSR count). The lowest BCUT2D eigenvalue weighted by Crippen LogP contribution is -2.51. The number of anilines is 2. The maximum atomic E-state index is 14.0. The number of carboxylic acids is 1. The van der Waals surface area contributed by atoms with Gasteiger partial charge in [0, 0.05) is 5.57 Å². The quantitative estimate of drug-likeness (QED) is 0.423. The summed E-state index contributed by atoms with van der Waals surface area (Å²) in [5.74, 6) is -0.151. The van der Waals surface area contributed by atoms with E-state index in [0.29, 0.717) is 23.7 Å². The van der Waals surface area contributed by atoms with Crippen molar-refractivity contribution in [2.75, 3.05) is 5.01 Å². The van der Waals surface area contributed by atoms with Gasteiger partial charge < -0.3 is 5.11 Å². The number of aliphatic carboxylic acids is 1. The van der Waals surface area contributed by atoms with Gasteiger partial charge in [-0.3, -0.25) is 15.2 Å². The number of para-hydroxylation sites is 2. The molecular weight excluding hydrogens is 472 g/mol. The lowest BCUT2D eigenvalue weighted by Gasteiger charge is -2.56. The van der Waals surface area contributed by atoms with Crippen LogP contribution in [0.25, 0.3) is 0 Å². The van der Waals surface area contributed by atoms with Crippen LogP contribution in [-0.4, -0.2) is 17.0 Å². The summed E-state index contributed by atoms with van der Waals surface area (Å²) in [4.78, 5) is 26.5. The number of nitrogens with one attached hydrogen (secondary N) is 1. The summed E-state index contributed by atoms with van der Waals surface area (Å²) in [6.45, 7) is 4.79. The lowest BCUT2D eigenvalue weighted by atomic mass is 9.48. The van der Waals surface area contributed by atoms with E-state index in [-0.39, 0.29) is 16.9 Å². The molecular formula is C33H38N2O3. The summed E-state index contributed by atoms with van der Waals surface area (Å²) in [5, 5.41) is 12.0. The Balaban J connectivity index is 1.33. The van der Waals surface area contributed by atoms with Gasteiger partial charge in [0.2, 0.25) is 5.91 Å². The van der Waals surface area contributed by atoms with Crippen molar-refractivity contribution in [3.63, 3.8) is 0 Å². The van der Waals surface area contributed by atoms with Crippen LogP contribution in [0.15, 0.2) is 84.0 Å². The van der Waals surface area contributed by atoms with E-state index in [9.17, 15) is 14.7 Å².